The third-order valence-electron chi connectivity index (χ3n) is 4.86. The minimum atomic E-state index is -5.13. The van der Waals surface area contributed by atoms with Crippen LogP contribution in [0.3, 0.4) is 0 Å². The van der Waals surface area contributed by atoms with Gasteiger partial charge in [0, 0.05) is 5.56 Å². The topological polar surface area (TPSA) is 69.4 Å². The zero-order chi connectivity index (χ0) is 23.1. The van der Waals surface area contributed by atoms with E-state index in [1.807, 2.05) is 0 Å². The lowest BCUT2D eigenvalue weighted by atomic mass is 9.93. The van der Waals surface area contributed by atoms with Crippen LogP contribution in [0.4, 0.5) is 32.0 Å². The molecule has 0 saturated carbocycles. The van der Waals surface area contributed by atoms with Gasteiger partial charge in [-0.3, -0.25) is 15.7 Å². The normalized spacial score (nSPS) is 17.2. The predicted octanol–water partition coefficient (Wildman–Crippen LogP) is 5.47. The number of ether oxygens (including phenoxy) is 2. The smallest absolute Gasteiger partial charge is 0.449 e. The fraction of sp³-hybridized carbons (Fsp3) is 0.300. The first-order valence-corrected chi connectivity index (χ1v) is 8.85. The largest absolute Gasteiger partial charge is 0.496 e. The lowest BCUT2D eigenvalue weighted by molar-refractivity contribution is -0.137. The second kappa shape index (κ2) is 7.88. The summed E-state index contributed by atoms with van der Waals surface area (Å²) >= 11 is 0. The zero-order valence-corrected chi connectivity index (χ0v) is 16.3. The summed E-state index contributed by atoms with van der Waals surface area (Å²) in [4.78, 5) is 0.255. The molecule has 11 heteroatoms. The van der Waals surface area contributed by atoms with Crippen molar-refractivity contribution in [2.45, 2.75) is 25.4 Å². The molecule has 31 heavy (non-hydrogen) atoms. The monoisotopic (exact) mass is 445 g/mol. The molecule has 2 aromatic carbocycles. The number of hydrogen-bond acceptors (Lipinski definition) is 4. The molecule has 0 spiro atoms. The van der Waals surface area contributed by atoms with E-state index < -0.39 is 42.3 Å². The maximum Gasteiger partial charge on any atom is 0.449 e. The quantitative estimate of drug-likeness (QED) is 0.366. The van der Waals surface area contributed by atoms with Gasteiger partial charge in [-0.1, -0.05) is 12.1 Å². The molecule has 0 radical (unpaired) electrons. The molecule has 2 aromatic rings. The number of nitrogens with one attached hydrogen (secondary N) is 2. The van der Waals surface area contributed by atoms with Gasteiger partial charge in [-0.05, 0) is 42.3 Å². The number of alkyl halides is 6. The van der Waals surface area contributed by atoms with Gasteiger partial charge in [-0.15, -0.1) is 0 Å². The van der Waals surface area contributed by atoms with Crippen LogP contribution in [0.25, 0.3) is 0 Å². The zero-order valence-electron chi connectivity index (χ0n) is 16.3. The summed E-state index contributed by atoms with van der Waals surface area (Å²) < 4.78 is 90.8. The standard InChI is InChI=1S/C20H17F6N3O2/c1-10-12(4-3-5-15(10)30-2)17-13-8-11(19(21,22)23)6-7-14(13)29(16(27)9-31-17)18(28)20(24,25)26/h3-8,17,27-28H,9H2,1-2H3/t17-/m1/s1. The third kappa shape index (κ3) is 4.22. The maximum atomic E-state index is 13.4. The van der Waals surface area contributed by atoms with Gasteiger partial charge in [0.15, 0.2) is 0 Å². The summed E-state index contributed by atoms with van der Waals surface area (Å²) in [5, 5.41) is 15.5. The van der Waals surface area contributed by atoms with E-state index in [1.165, 1.54) is 7.11 Å². The lowest BCUT2D eigenvalue weighted by Gasteiger charge is -2.27. The first-order valence-electron chi connectivity index (χ1n) is 8.85. The summed E-state index contributed by atoms with van der Waals surface area (Å²) in [7, 11) is 1.40. The van der Waals surface area contributed by atoms with E-state index in [2.05, 4.69) is 0 Å². The van der Waals surface area contributed by atoms with Crippen molar-refractivity contribution in [1.82, 2.24) is 0 Å². The van der Waals surface area contributed by atoms with Crippen molar-refractivity contribution in [3.8, 4) is 5.75 Å². The van der Waals surface area contributed by atoms with Crippen molar-refractivity contribution >= 4 is 17.4 Å². The Kier molecular flexibility index (Phi) is 5.74. The number of amidine groups is 2. The lowest BCUT2D eigenvalue weighted by Crippen LogP contribution is -2.45. The van der Waals surface area contributed by atoms with E-state index in [0.29, 0.717) is 29.0 Å². The van der Waals surface area contributed by atoms with Crippen molar-refractivity contribution in [2.24, 2.45) is 0 Å². The number of rotatable bonds is 2. The van der Waals surface area contributed by atoms with Crippen LogP contribution >= 0.6 is 0 Å². The van der Waals surface area contributed by atoms with E-state index in [-0.39, 0.29) is 16.2 Å². The number of methoxy groups -OCH3 is 1. The van der Waals surface area contributed by atoms with Crippen molar-refractivity contribution in [3.63, 3.8) is 0 Å². The Balaban J connectivity index is 2.29. The molecule has 0 saturated heterocycles. The Morgan fingerprint density at radius 3 is 2.35 bits per heavy atom. The number of fused-ring (bicyclic) bond motifs is 1. The van der Waals surface area contributed by atoms with E-state index in [0.717, 1.165) is 6.07 Å². The molecule has 0 bridgehead atoms. The molecule has 0 fully saturated rings. The highest BCUT2D eigenvalue weighted by Crippen LogP contribution is 2.43. The Hall–Kier alpha value is -3.08. The maximum absolute atomic E-state index is 13.4. The fourth-order valence-corrected chi connectivity index (χ4v) is 3.38. The van der Waals surface area contributed by atoms with Gasteiger partial charge < -0.3 is 9.47 Å². The van der Waals surface area contributed by atoms with Crippen LogP contribution in [-0.2, 0) is 10.9 Å². The fourth-order valence-electron chi connectivity index (χ4n) is 3.38. The number of anilines is 1. The number of nitrogens with zero attached hydrogens (tertiary/aromatic N) is 1. The molecular formula is C20H17F6N3O2. The Bertz CT molecular complexity index is 1030. The number of benzene rings is 2. The summed E-state index contributed by atoms with van der Waals surface area (Å²) in [6, 6.07) is 6.88. The van der Waals surface area contributed by atoms with E-state index >= 15 is 0 Å². The molecule has 1 atom stereocenters. The molecule has 166 valence electrons. The van der Waals surface area contributed by atoms with Crippen molar-refractivity contribution in [2.75, 3.05) is 18.6 Å². The van der Waals surface area contributed by atoms with Crippen LogP contribution in [0.2, 0.25) is 0 Å². The van der Waals surface area contributed by atoms with Crippen molar-refractivity contribution in [1.29, 1.82) is 10.8 Å². The second-order valence-electron chi connectivity index (χ2n) is 6.77. The van der Waals surface area contributed by atoms with E-state index in [4.69, 9.17) is 20.3 Å². The van der Waals surface area contributed by atoms with E-state index in [9.17, 15) is 26.3 Å². The number of halogens is 6. The van der Waals surface area contributed by atoms with Gasteiger partial charge in [0.05, 0.1) is 18.4 Å². The highest BCUT2D eigenvalue weighted by Gasteiger charge is 2.44. The van der Waals surface area contributed by atoms with Crippen LogP contribution in [0.15, 0.2) is 36.4 Å². The first-order chi connectivity index (χ1) is 14.4. The molecule has 0 amide bonds. The second-order valence-corrected chi connectivity index (χ2v) is 6.77. The average Bonchev–Trinajstić information content (AvgIpc) is 2.82. The average molecular weight is 445 g/mol. The minimum absolute atomic E-state index is 0.248. The third-order valence-corrected chi connectivity index (χ3v) is 4.86. The van der Waals surface area contributed by atoms with Gasteiger partial charge in [0.1, 0.15) is 24.3 Å². The molecule has 1 aliphatic rings. The van der Waals surface area contributed by atoms with Gasteiger partial charge in [0.2, 0.25) is 5.84 Å². The molecular weight excluding hydrogens is 428 g/mol. The SMILES string of the molecule is COc1cccc([C@H]2OCC(=N)N(C(=N)C(F)(F)F)c3ccc(C(F)(F)F)cc32)c1C. The van der Waals surface area contributed by atoms with Crippen molar-refractivity contribution in [3.05, 3.63) is 58.7 Å². The van der Waals surface area contributed by atoms with Crippen LogP contribution in [-0.4, -0.2) is 31.6 Å². The molecule has 1 heterocycles. The van der Waals surface area contributed by atoms with Gasteiger partial charge in [-0.2, -0.15) is 26.3 Å². The van der Waals surface area contributed by atoms with Crippen LogP contribution in [0.1, 0.15) is 28.4 Å². The summed E-state index contributed by atoms with van der Waals surface area (Å²) in [6.07, 6.45) is -11.1. The molecule has 0 aromatic heterocycles. The minimum Gasteiger partial charge on any atom is -0.496 e. The summed E-state index contributed by atoms with van der Waals surface area (Å²) in [6.45, 7) is 0.979. The molecule has 5 nitrogen and oxygen atoms in total. The Morgan fingerprint density at radius 1 is 1.10 bits per heavy atom. The number of hydrogen-bond donors (Lipinski definition) is 2. The van der Waals surface area contributed by atoms with Crippen LogP contribution in [0, 0.1) is 17.7 Å². The van der Waals surface area contributed by atoms with Crippen LogP contribution < -0.4 is 9.64 Å². The molecule has 1 aliphatic heterocycles. The molecule has 0 aliphatic carbocycles. The predicted molar refractivity (Wildman–Crippen MR) is 101 cm³/mol. The molecule has 3 rings (SSSR count). The van der Waals surface area contributed by atoms with Gasteiger partial charge in [0.25, 0.3) is 0 Å². The van der Waals surface area contributed by atoms with Gasteiger partial charge >= 0.3 is 12.4 Å². The highest BCUT2D eigenvalue weighted by molar-refractivity contribution is 6.20. The summed E-state index contributed by atoms with van der Waals surface area (Å²) in [5.41, 5.74) is -0.836. The molecule has 2 N–H and O–H groups in total. The Morgan fingerprint density at radius 2 is 1.77 bits per heavy atom. The van der Waals surface area contributed by atoms with Gasteiger partial charge in [-0.25, -0.2) is 0 Å². The van der Waals surface area contributed by atoms with Crippen LogP contribution in [0.5, 0.6) is 5.75 Å². The summed E-state index contributed by atoms with van der Waals surface area (Å²) in [5.74, 6) is -2.22. The van der Waals surface area contributed by atoms with E-state index in [1.54, 1.807) is 25.1 Å². The first kappa shape index (κ1) is 22.6. The molecule has 0 unspecified atom stereocenters. The highest BCUT2D eigenvalue weighted by atomic mass is 19.4. The van der Waals surface area contributed by atoms with Crippen molar-refractivity contribution < 1.29 is 35.8 Å². The Labute approximate surface area is 173 Å².